The van der Waals surface area contributed by atoms with Crippen LogP contribution in [0.25, 0.3) is 0 Å². The van der Waals surface area contributed by atoms with Gasteiger partial charge in [0.15, 0.2) is 0 Å². The van der Waals surface area contributed by atoms with Crippen molar-refractivity contribution in [3.8, 4) is 0 Å². The van der Waals surface area contributed by atoms with Crippen molar-refractivity contribution < 1.29 is 9.63 Å². The Labute approximate surface area is 145 Å². The van der Waals surface area contributed by atoms with Crippen LogP contribution < -0.4 is 5.32 Å². The van der Waals surface area contributed by atoms with E-state index in [1.807, 2.05) is 31.2 Å². The summed E-state index contributed by atoms with van der Waals surface area (Å²) in [6.07, 6.45) is -0.185. The number of anilines is 1. The number of nitrogens with zero attached hydrogens (tertiary/aromatic N) is 1. The Kier molecular flexibility index (Phi) is 4.52. The van der Waals surface area contributed by atoms with Crippen molar-refractivity contribution in [1.82, 2.24) is 0 Å². The van der Waals surface area contributed by atoms with E-state index in [0.29, 0.717) is 16.4 Å². The van der Waals surface area contributed by atoms with Gasteiger partial charge in [-0.2, -0.15) is 0 Å². The van der Waals surface area contributed by atoms with E-state index in [-0.39, 0.29) is 5.91 Å². The van der Waals surface area contributed by atoms with Gasteiger partial charge >= 0.3 is 0 Å². The smallest absolute Gasteiger partial charge is 0.268 e. The van der Waals surface area contributed by atoms with Gasteiger partial charge in [-0.3, -0.25) is 4.79 Å². The Bertz CT molecular complexity index is 760. The van der Waals surface area contributed by atoms with Gasteiger partial charge in [-0.25, -0.2) is 0 Å². The van der Waals surface area contributed by atoms with Crippen molar-refractivity contribution in [2.24, 2.45) is 5.16 Å². The standard InChI is InChI=1S/C15H12BrClN2O2S/c1-8-2-3-10(9(16)6-8)18-15(20)12-7-11(19-21-12)13-4-5-14(17)22-13/h2-6,12H,7H2,1H3,(H,18,20). The predicted molar refractivity (Wildman–Crippen MR) is 92.9 cm³/mol. The third-order valence-corrected chi connectivity index (χ3v) is 5.14. The van der Waals surface area contributed by atoms with Gasteiger partial charge in [0.2, 0.25) is 6.10 Å². The maximum atomic E-state index is 12.3. The number of aryl methyl sites for hydroxylation is 1. The Morgan fingerprint density at radius 2 is 2.27 bits per heavy atom. The molecular weight excluding hydrogens is 388 g/mol. The lowest BCUT2D eigenvalue weighted by atomic mass is 10.1. The Morgan fingerprint density at radius 3 is 2.95 bits per heavy atom. The van der Waals surface area contributed by atoms with Crippen LogP contribution in [-0.4, -0.2) is 17.7 Å². The van der Waals surface area contributed by atoms with Crippen LogP contribution in [0, 0.1) is 6.92 Å². The summed E-state index contributed by atoms with van der Waals surface area (Å²) in [6.45, 7) is 1.99. The molecule has 1 N–H and O–H groups in total. The molecule has 0 saturated carbocycles. The number of benzene rings is 1. The molecule has 2 aromatic rings. The summed E-state index contributed by atoms with van der Waals surface area (Å²) in [5.74, 6) is -0.217. The minimum Gasteiger partial charge on any atom is -0.382 e. The Morgan fingerprint density at radius 1 is 1.45 bits per heavy atom. The molecule has 4 nitrogen and oxygen atoms in total. The van der Waals surface area contributed by atoms with E-state index < -0.39 is 6.10 Å². The summed E-state index contributed by atoms with van der Waals surface area (Å²) in [5.41, 5.74) is 2.58. The number of nitrogens with one attached hydrogen (secondary N) is 1. The first-order valence-electron chi connectivity index (χ1n) is 6.58. The van der Waals surface area contributed by atoms with Crippen molar-refractivity contribution in [2.75, 3.05) is 5.32 Å². The molecule has 22 heavy (non-hydrogen) atoms. The van der Waals surface area contributed by atoms with Crippen LogP contribution in [0.3, 0.4) is 0 Å². The number of halogens is 2. The molecule has 0 fully saturated rings. The molecule has 1 aromatic heterocycles. The summed E-state index contributed by atoms with van der Waals surface area (Å²) >= 11 is 10.8. The normalized spacial score (nSPS) is 17.0. The fourth-order valence-corrected chi connectivity index (χ4v) is 3.69. The highest BCUT2D eigenvalue weighted by atomic mass is 79.9. The minimum absolute atomic E-state index is 0.217. The van der Waals surface area contributed by atoms with Gasteiger partial charge in [-0.1, -0.05) is 22.8 Å². The molecule has 1 unspecified atom stereocenters. The third-order valence-electron chi connectivity index (χ3n) is 3.20. The van der Waals surface area contributed by atoms with Crippen LogP contribution in [0.15, 0.2) is 40.0 Å². The number of carbonyl (C=O) groups excluding carboxylic acids is 1. The third kappa shape index (κ3) is 3.34. The maximum Gasteiger partial charge on any atom is 0.268 e. The maximum absolute atomic E-state index is 12.3. The van der Waals surface area contributed by atoms with E-state index >= 15 is 0 Å². The molecule has 1 amide bonds. The summed E-state index contributed by atoms with van der Waals surface area (Å²) in [6, 6.07) is 9.42. The van der Waals surface area contributed by atoms with E-state index in [0.717, 1.165) is 20.6 Å². The molecule has 0 saturated heterocycles. The fraction of sp³-hybridized carbons (Fsp3) is 0.200. The number of rotatable bonds is 3. The average Bonchev–Trinajstić information content (AvgIpc) is 3.10. The van der Waals surface area contributed by atoms with Crippen LogP contribution in [0.5, 0.6) is 0 Å². The summed E-state index contributed by atoms with van der Waals surface area (Å²) in [7, 11) is 0. The summed E-state index contributed by atoms with van der Waals surface area (Å²) < 4.78 is 1.53. The number of hydrogen-bond donors (Lipinski definition) is 1. The molecule has 0 spiro atoms. The van der Waals surface area contributed by atoms with Gasteiger partial charge < -0.3 is 10.2 Å². The van der Waals surface area contributed by atoms with E-state index in [4.69, 9.17) is 16.4 Å². The van der Waals surface area contributed by atoms with Gasteiger partial charge in [0.1, 0.15) is 5.71 Å². The van der Waals surface area contributed by atoms with Crippen molar-refractivity contribution >= 4 is 56.2 Å². The van der Waals surface area contributed by atoms with Gasteiger partial charge in [0.05, 0.1) is 14.9 Å². The Balaban J connectivity index is 1.65. The van der Waals surface area contributed by atoms with E-state index in [9.17, 15) is 4.79 Å². The molecule has 0 bridgehead atoms. The van der Waals surface area contributed by atoms with E-state index in [1.165, 1.54) is 11.3 Å². The highest BCUT2D eigenvalue weighted by Crippen LogP contribution is 2.28. The first-order chi connectivity index (χ1) is 10.5. The first kappa shape index (κ1) is 15.5. The van der Waals surface area contributed by atoms with Crippen LogP contribution in [0.2, 0.25) is 4.34 Å². The predicted octanol–water partition coefficient (Wildman–Crippen LogP) is 4.60. The molecule has 2 heterocycles. The zero-order valence-electron chi connectivity index (χ0n) is 11.6. The molecular formula is C15H12BrClN2O2S. The Hall–Kier alpha value is -1.37. The lowest BCUT2D eigenvalue weighted by Gasteiger charge is -2.11. The number of hydrogen-bond acceptors (Lipinski definition) is 4. The molecule has 114 valence electrons. The number of oxime groups is 1. The van der Waals surface area contributed by atoms with Crippen molar-refractivity contribution in [3.05, 3.63) is 49.6 Å². The fourth-order valence-electron chi connectivity index (χ4n) is 2.07. The molecule has 1 aliphatic heterocycles. The quantitative estimate of drug-likeness (QED) is 0.820. The van der Waals surface area contributed by atoms with Crippen LogP contribution >= 0.6 is 38.9 Å². The lowest BCUT2D eigenvalue weighted by molar-refractivity contribution is -0.125. The lowest BCUT2D eigenvalue weighted by Crippen LogP contribution is -2.28. The second kappa shape index (κ2) is 6.40. The molecule has 1 aromatic carbocycles. The summed E-state index contributed by atoms with van der Waals surface area (Å²) in [5, 5.41) is 6.85. The minimum atomic E-state index is -0.621. The molecule has 1 aliphatic rings. The number of thiophene rings is 1. The van der Waals surface area contributed by atoms with Crippen LogP contribution in [-0.2, 0) is 9.63 Å². The van der Waals surface area contributed by atoms with Gasteiger partial charge in [-0.05, 0) is 52.7 Å². The largest absolute Gasteiger partial charge is 0.382 e. The molecule has 1 atom stereocenters. The summed E-state index contributed by atoms with van der Waals surface area (Å²) in [4.78, 5) is 18.5. The van der Waals surface area contributed by atoms with Gasteiger partial charge in [0.25, 0.3) is 5.91 Å². The second-order valence-corrected chi connectivity index (χ2v) is 7.48. The first-order valence-corrected chi connectivity index (χ1v) is 8.57. The number of carbonyl (C=O) groups is 1. The van der Waals surface area contributed by atoms with E-state index in [1.54, 1.807) is 6.07 Å². The zero-order valence-corrected chi connectivity index (χ0v) is 14.8. The van der Waals surface area contributed by atoms with Crippen molar-refractivity contribution in [3.63, 3.8) is 0 Å². The molecule has 7 heteroatoms. The van der Waals surface area contributed by atoms with Crippen molar-refractivity contribution in [2.45, 2.75) is 19.4 Å². The molecule has 0 aliphatic carbocycles. The van der Waals surface area contributed by atoms with Crippen molar-refractivity contribution in [1.29, 1.82) is 0 Å². The second-order valence-electron chi connectivity index (χ2n) is 4.91. The SMILES string of the molecule is Cc1ccc(NC(=O)C2CC(c3ccc(Cl)s3)=NO2)c(Br)c1. The average molecular weight is 400 g/mol. The number of amides is 1. The highest BCUT2D eigenvalue weighted by molar-refractivity contribution is 9.10. The van der Waals surface area contributed by atoms with Crippen LogP contribution in [0.4, 0.5) is 5.69 Å². The van der Waals surface area contributed by atoms with Crippen LogP contribution in [0.1, 0.15) is 16.9 Å². The monoisotopic (exact) mass is 398 g/mol. The highest BCUT2D eigenvalue weighted by Gasteiger charge is 2.29. The topological polar surface area (TPSA) is 50.7 Å². The molecule has 3 rings (SSSR count). The molecule has 0 radical (unpaired) electrons. The zero-order chi connectivity index (χ0) is 15.7. The van der Waals surface area contributed by atoms with E-state index in [2.05, 4.69) is 26.4 Å². The van der Waals surface area contributed by atoms with Gasteiger partial charge in [-0.15, -0.1) is 11.3 Å². The van der Waals surface area contributed by atoms with Gasteiger partial charge in [0, 0.05) is 10.9 Å².